The third-order valence-corrected chi connectivity index (χ3v) is 2.62. The average Bonchev–Trinajstić information content (AvgIpc) is 2.33. The van der Waals surface area contributed by atoms with Crippen molar-refractivity contribution in [1.82, 2.24) is 0 Å². The largest absolute Gasteiger partial charge is 0.396 e. The molecule has 0 fully saturated rings. The Hall–Kier alpha value is -1.53. The molecule has 1 aromatic carbocycles. The van der Waals surface area contributed by atoms with Crippen LogP contribution < -0.4 is 5.73 Å². The van der Waals surface area contributed by atoms with Gasteiger partial charge in [0.25, 0.3) is 0 Å². The van der Waals surface area contributed by atoms with Crippen molar-refractivity contribution < 1.29 is 14.6 Å². The van der Waals surface area contributed by atoms with Gasteiger partial charge in [-0.25, -0.2) is 4.39 Å². The van der Waals surface area contributed by atoms with Gasteiger partial charge in [0.1, 0.15) is 11.9 Å². The summed E-state index contributed by atoms with van der Waals surface area (Å²) in [6.07, 6.45) is -2.60. The molecule has 0 aromatic heterocycles. The van der Waals surface area contributed by atoms with Crippen LogP contribution in [0.4, 0.5) is 10.1 Å². The topological polar surface area (TPSA) is 115 Å². The third-order valence-electron chi connectivity index (χ3n) is 2.40. The Morgan fingerprint density at radius 2 is 2.17 bits per heavy atom. The van der Waals surface area contributed by atoms with Crippen molar-refractivity contribution in [3.63, 3.8) is 0 Å². The van der Waals surface area contributed by atoms with Crippen molar-refractivity contribution in [3.05, 3.63) is 39.0 Å². The van der Waals surface area contributed by atoms with E-state index in [1.165, 1.54) is 6.07 Å². The number of benzene rings is 1. The van der Waals surface area contributed by atoms with E-state index in [-0.39, 0.29) is 29.2 Å². The summed E-state index contributed by atoms with van der Waals surface area (Å²) < 4.78 is 13.3. The lowest BCUT2D eigenvalue weighted by Crippen LogP contribution is -2.20. The van der Waals surface area contributed by atoms with Crippen molar-refractivity contribution in [2.75, 3.05) is 12.3 Å². The zero-order chi connectivity index (χ0) is 13.7. The monoisotopic (exact) mass is 274 g/mol. The van der Waals surface area contributed by atoms with Gasteiger partial charge >= 0.3 is 0 Å². The zero-order valence-corrected chi connectivity index (χ0v) is 10.0. The van der Waals surface area contributed by atoms with Crippen LogP contribution in [0.2, 0.25) is 5.02 Å². The summed E-state index contributed by atoms with van der Waals surface area (Å²) in [6.45, 7) is 0.0116. The first-order valence-electron chi connectivity index (χ1n) is 5.08. The van der Waals surface area contributed by atoms with Crippen LogP contribution >= 0.6 is 11.6 Å². The number of nitrogen functional groups attached to an aromatic ring is 1. The van der Waals surface area contributed by atoms with Crippen LogP contribution in [-0.2, 0) is 0 Å². The van der Waals surface area contributed by atoms with Gasteiger partial charge in [-0.2, -0.15) is 0 Å². The molecule has 0 saturated heterocycles. The molecule has 2 atom stereocenters. The molecular weight excluding hydrogens is 263 g/mol. The molecule has 0 amide bonds. The molecule has 8 heteroatoms. The highest BCUT2D eigenvalue weighted by molar-refractivity contribution is 6.30. The quantitative estimate of drug-likeness (QED) is 0.331. The lowest BCUT2D eigenvalue weighted by atomic mass is 10.0. The molecule has 0 radical (unpaired) electrons. The van der Waals surface area contributed by atoms with Crippen molar-refractivity contribution in [3.8, 4) is 0 Å². The first-order chi connectivity index (χ1) is 8.47. The maximum Gasteiger partial charge on any atom is 0.147 e. The minimum atomic E-state index is -1.40. The highest BCUT2D eigenvalue weighted by Crippen LogP contribution is 2.29. The number of nitrogens with zero attached hydrogens (tertiary/aromatic N) is 3. The molecule has 1 aromatic rings. The van der Waals surface area contributed by atoms with Gasteiger partial charge in [0.15, 0.2) is 0 Å². The number of nitrogens with two attached hydrogens (primary N) is 1. The van der Waals surface area contributed by atoms with Crippen molar-refractivity contribution in [2.24, 2.45) is 5.11 Å². The van der Waals surface area contributed by atoms with Crippen LogP contribution in [0.5, 0.6) is 0 Å². The smallest absolute Gasteiger partial charge is 0.147 e. The molecule has 0 bridgehead atoms. The lowest BCUT2D eigenvalue weighted by molar-refractivity contribution is 0.0153. The third kappa shape index (κ3) is 3.48. The molecular formula is C10H12ClFN4O2. The van der Waals surface area contributed by atoms with E-state index < -0.39 is 18.0 Å². The number of aliphatic hydroxyl groups is 2. The molecule has 18 heavy (non-hydrogen) atoms. The average molecular weight is 275 g/mol. The number of rotatable bonds is 5. The maximum absolute atomic E-state index is 13.3. The molecule has 1 rings (SSSR count). The molecule has 0 heterocycles. The van der Waals surface area contributed by atoms with Crippen molar-refractivity contribution in [1.29, 1.82) is 0 Å². The number of hydrogen-bond donors (Lipinski definition) is 3. The lowest BCUT2D eigenvalue weighted by Gasteiger charge is -2.19. The Morgan fingerprint density at radius 1 is 1.50 bits per heavy atom. The van der Waals surface area contributed by atoms with Crippen LogP contribution in [-0.4, -0.2) is 22.9 Å². The van der Waals surface area contributed by atoms with Crippen LogP contribution in [0.3, 0.4) is 0 Å². The Kier molecular flexibility index (Phi) is 5.18. The van der Waals surface area contributed by atoms with E-state index >= 15 is 0 Å². The van der Waals surface area contributed by atoms with Crippen LogP contribution in [0, 0.1) is 5.82 Å². The Bertz CT molecular complexity index is 479. The van der Waals surface area contributed by atoms with Gasteiger partial charge in [0.05, 0.1) is 11.8 Å². The van der Waals surface area contributed by atoms with E-state index in [0.29, 0.717) is 0 Å². The summed E-state index contributed by atoms with van der Waals surface area (Å²) in [5.41, 5.74) is 13.3. The van der Waals surface area contributed by atoms with Crippen molar-refractivity contribution >= 4 is 17.3 Å². The van der Waals surface area contributed by atoms with Gasteiger partial charge in [-0.15, -0.1) is 0 Å². The fraction of sp³-hybridized carbons (Fsp3) is 0.400. The van der Waals surface area contributed by atoms with E-state index in [1.807, 2.05) is 0 Å². The van der Waals surface area contributed by atoms with E-state index in [1.54, 1.807) is 0 Å². The van der Waals surface area contributed by atoms with Gasteiger partial charge < -0.3 is 15.9 Å². The van der Waals surface area contributed by atoms with E-state index in [4.69, 9.17) is 22.9 Å². The standard InChI is InChI=1S/C10H12ClFN4O2/c11-5-3-6(9(13)7(12)4-5)10(18)8(17)1-2-15-16-14/h3-4,8,10,17-18H,1-2,13H2. The van der Waals surface area contributed by atoms with Gasteiger partial charge in [-0.05, 0) is 24.1 Å². The van der Waals surface area contributed by atoms with Gasteiger partial charge in [0, 0.05) is 22.0 Å². The van der Waals surface area contributed by atoms with Gasteiger partial charge in [0.2, 0.25) is 0 Å². The fourth-order valence-electron chi connectivity index (χ4n) is 1.45. The number of hydrogen-bond acceptors (Lipinski definition) is 4. The van der Waals surface area contributed by atoms with E-state index in [2.05, 4.69) is 10.0 Å². The molecule has 4 N–H and O–H groups in total. The summed E-state index contributed by atoms with van der Waals surface area (Å²) in [6, 6.07) is 2.29. The van der Waals surface area contributed by atoms with E-state index in [0.717, 1.165) is 6.07 Å². The Labute approximate surface area is 107 Å². The van der Waals surface area contributed by atoms with E-state index in [9.17, 15) is 14.6 Å². The molecule has 0 aliphatic rings. The summed E-state index contributed by atoms with van der Waals surface area (Å²) in [5.74, 6) is -0.765. The van der Waals surface area contributed by atoms with Gasteiger partial charge in [-0.1, -0.05) is 16.7 Å². The highest BCUT2D eigenvalue weighted by atomic mass is 35.5. The minimum absolute atomic E-state index is 0.00781. The number of halogens is 2. The highest BCUT2D eigenvalue weighted by Gasteiger charge is 2.22. The van der Waals surface area contributed by atoms with Crippen molar-refractivity contribution in [2.45, 2.75) is 18.6 Å². The Morgan fingerprint density at radius 3 is 2.78 bits per heavy atom. The van der Waals surface area contributed by atoms with Crippen LogP contribution in [0.1, 0.15) is 18.1 Å². The second kappa shape index (κ2) is 6.42. The normalized spacial score (nSPS) is 13.8. The van der Waals surface area contributed by atoms with Crippen LogP contribution in [0.25, 0.3) is 10.4 Å². The Balaban J connectivity index is 2.89. The second-order valence-corrected chi connectivity index (χ2v) is 4.08. The number of anilines is 1. The minimum Gasteiger partial charge on any atom is -0.396 e. The first-order valence-corrected chi connectivity index (χ1v) is 5.46. The predicted octanol–water partition coefficient (Wildman–Crippen LogP) is 2.16. The molecule has 0 aliphatic carbocycles. The summed E-state index contributed by atoms with van der Waals surface area (Å²) >= 11 is 5.64. The van der Waals surface area contributed by atoms with Gasteiger partial charge in [-0.3, -0.25) is 0 Å². The summed E-state index contributed by atoms with van der Waals surface area (Å²) in [4.78, 5) is 2.51. The molecule has 6 nitrogen and oxygen atoms in total. The number of azide groups is 1. The molecule has 0 aliphatic heterocycles. The first kappa shape index (κ1) is 14.5. The molecule has 98 valence electrons. The van der Waals surface area contributed by atoms with Crippen LogP contribution in [0.15, 0.2) is 17.2 Å². The molecule has 2 unspecified atom stereocenters. The zero-order valence-electron chi connectivity index (χ0n) is 9.29. The summed E-state index contributed by atoms with van der Waals surface area (Å²) in [5, 5.41) is 22.8. The predicted molar refractivity (Wildman–Crippen MR) is 65.4 cm³/mol. The summed E-state index contributed by atoms with van der Waals surface area (Å²) in [7, 11) is 0. The molecule has 0 spiro atoms. The number of aliphatic hydroxyl groups excluding tert-OH is 2. The molecule has 0 saturated carbocycles. The maximum atomic E-state index is 13.3. The fourth-order valence-corrected chi connectivity index (χ4v) is 1.66. The second-order valence-electron chi connectivity index (χ2n) is 3.65. The SMILES string of the molecule is [N-]=[N+]=NCCC(O)C(O)c1cc(Cl)cc(F)c1N.